The Hall–Kier alpha value is -2.45. The number of amides is 1. The quantitative estimate of drug-likeness (QED) is 0.498. The number of hydrogen-bond donors (Lipinski definition) is 0. The van der Waals surface area contributed by atoms with Gasteiger partial charge in [0, 0.05) is 38.1 Å². The summed E-state index contributed by atoms with van der Waals surface area (Å²) in [5, 5.41) is 0. The maximum Gasteiger partial charge on any atom is 0.321 e. The number of rotatable bonds is 6. The van der Waals surface area contributed by atoms with Crippen LogP contribution in [0.25, 0.3) is 0 Å². The molecule has 168 valence electrons. The van der Waals surface area contributed by atoms with E-state index in [4.69, 9.17) is 14.2 Å². The molecule has 0 radical (unpaired) electrons. The van der Waals surface area contributed by atoms with E-state index in [0.29, 0.717) is 39.3 Å². The molecule has 31 heavy (non-hydrogen) atoms. The molecule has 3 aliphatic rings. The Bertz CT molecular complexity index is 852. The van der Waals surface area contributed by atoms with Gasteiger partial charge in [-0.2, -0.15) is 0 Å². The average molecular weight is 431 g/mol. The summed E-state index contributed by atoms with van der Waals surface area (Å²) in [6, 6.07) is 7.51. The molecular formula is C23H30N2O6. The Kier molecular flexibility index (Phi) is 6.29. The second kappa shape index (κ2) is 8.96. The second-order valence-corrected chi connectivity index (χ2v) is 8.53. The van der Waals surface area contributed by atoms with Crippen molar-refractivity contribution in [2.45, 2.75) is 44.3 Å². The first-order valence-corrected chi connectivity index (χ1v) is 10.9. The minimum atomic E-state index is -1.46. The van der Waals surface area contributed by atoms with Gasteiger partial charge in [-0.05, 0) is 30.5 Å². The molecule has 1 aromatic rings. The first-order valence-electron chi connectivity index (χ1n) is 10.9. The SMILES string of the molecule is COC(=O)[C@@]1(CC(=O)N2CCOCC2)C(=O)C[C@H]2CC[C@H]1N2Cc1cccc(OC)c1. The molecule has 1 amide bonds. The van der Waals surface area contributed by atoms with Crippen molar-refractivity contribution in [3.8, 4) is 5.75 Å². The summed E-state index contributed by atoms with van der Waals surface area (Å²) in [5.41, 5.74) is -0.417. The molecule has 3 atom stereocenters. The number of fused-ring (bicyclic) bond motifs is 2. The maximum absolute atomic E-state index is 13.4. The van der Waals surface area contributed by atoms with E-state index in [0.717, 1.165) is 17.7 Å². The van der Waals surface area contributed by atoms with Gasteiger partial charge in [-0.1, -0.05) is 12.1 Å². The van der Waals surface area contributed by atoms with E-state index in [2.05, 4.69) is 4.90 Å². The number of morpholine rings is 1. The third-order valence-electron chi connectivity index (χ3n) is 6.97. The average Bonchev–Trinajstić information content (AvgIpc) is 3.12. The summed E-state index contributed by atoms with van der Waals surface area (Å²) in [4.78, 5) is 43.5. The van der Waals surface area contributed by atoms with Crippen molar-refractivity contribution in [3.63, 3.8) is 0 Å². The third kappa shape index (κ3) is 3.94. The number of methoxy groups -OCH3 is 2. The summed E-state index contributed by atoms with van der Waals surface area (Å²) in [7, 11) is 2.92. The maximum atomic E-state index is 13.4. The number of esters is 1. The smallest absolute Gasteiger partial charge is 0.321 e. The Labute approximate surface area is 182 Å². The van der Waals surface area contributed by atoms with Crippen LogP contribution in [0, 0.1) is 5.41 Å². The molecule has 4 rings (SSSR count). The molecule has 0 aliphatic carbocycles. The number of benzene rings is 1. The van der Waals surface area contributed by atoms with E-state index < -0.39 is 11.4 Å². The fourth-order valence-electron chi connectivity index (χ4n) is 5.37. The molecule has 0 aromatic heterocycles. The van der Waals surface area contributed by atoms with Crippen LogP contribution in [0.3, 0.4) is 0 Å². The van der Waals surface area contributed by atoms with Gasteiger partial charge in [0.15, 0.2) is 11.2 Å². The number of nitrogens with zero attached hydrogens (tertiary/aromatic N) is 2. The number of Topliss-reactive ketones (excluding diaryl/α,β-unsaturated/α-hetero) is 1. The van der Waals surface area contributed by atoms with Gasteiger partial charge in [0.05, 0.1) is 33.9 Å². The number of piperidine rings is 1. The lowest BCUT2D eigenvalue weighted by molar-refractivity contribution is -0.171. The van der Waals surface area contributed by atoms with Gasteiger partial charge >= 0.3 is 5.97 Å². The third-order valence-corrected chi connectivity index (χ3v) is 6.97. The van der Waals surface area contributed by atoms with Crippen LogP contribution in [-0.4, -0.2) is 80.1 Å². The van der Waals surface area contributed by atoms with E-state index in [1.165, 1.54) is 7.11 Å². The number of carbonyl (C=O) groups is 3. The van der Waals surface area contributed by atoms with Crippen LogP contribution in [0.2, 0.25) is 0 Å². The summed E-state index contributed by atoms with van der Waals surface area (Å²) in [5.74, 6) is -0.191. The first-order chi connectivity index (χ1) is 15.0. The predicted molar refractivity (Wildman–Crippen MR) is 111 cm³/mol. The fraction of sp³-hybridized carbons (Fsp3) is 0.609. The summed E-state index contributed by atoms with van der Waals surface area (Å²) < 4.78 is 15.8. The number of ether oxygens (including phenoxy) is 3. The highest BCUT2D eigenvalue weighted by Gasteiger charge is 2.62. The van der Waals surface area contributed by atoms with Crippen LogP contribution in [0.1, 0.15) is 31.2 Å². The molecule has 0 N–H and O–H groups in total. The van der Waals surface area contributed by atoms with E-state index in [1.807, 2.05) is 24.3 Å². The molecule has 3 fully saturated rings. The second-order valence-electron chi connectivity index (χ2n) is 8.53. The van der Waals surface area contributed by atoms with Crippen molar-refractivity contribution in [1.29, 1.82) is 0 Å². The van der Waals surface area contributed by atoms with Crippen LogP contribution in [0.5, 0.6) is 5.75 Å². The van der Waals surface area contributed by atoms with Crippen molar-refractivity contribution in [2.75, 3.05) is 40.5 Å². The molecule has 2 bridgehead atoms. The number of carbonyl (C=O) groups excluding carboxylic acids is 3. The van der Waals surface area contributed by atoms with Gasteiger partial charge in [-0.15, -0.1) is 0 Å². The van der Waals surface area contributed by atoms with Gasteiger partial charge in [0.2, 0.25) is 5.91 Å². The van der Waals surface area contributed by atoms with Crippen LogP contribution >= 0.6 is 0 Å². The molecule has 0 unspecified atom stereocenters. The van der Waals surface area contributed by atoms with E-state index in [1.54, 1.807) is 12.0 Å². The van der Waals surface area contributed by atoms with Crippen LogP contribution in [0.15, 0.2) is 24.3 Å². The normalized spacial score (nSPS) is 28.5. The molecule has 3 saturated heterocycles. The van der Waals surface area contributed by atoms with Crippen molar-refractivity contribution >= 4 is 17.7 Å². The minimum Gasteiger partial charge on any atom is -0.497 e. The zero-order chi connectivity index (χ0) is 22.0. The highest BCUT2D eigenvalue weighted by Crippen LogP contribution is 2.48. The molecule has 1 aromatic carbocycles. The molecule has 8 heteroatoms. The molecule has 8 nitrogen and oxygen atoms in total. The van der Waals surface area contributed by atoms with Gasteiger partial charge in [0.25, 0.3) is 0 Å². The summed E-state index contributed by atoms with van der Waals surface area (Å²) in [6.07, 6.45) is 1.62. The first kappa shape index (κ1) is 21.8. The van der Waals surface area contributed by atoms with Crippen molar-refractivity contribution in [2.24, 2.45) is 5.41 Å². The fourth-order valence-corrected chi connectivity index (χ4v) is 5.37. The molecule has 0 saturated carbocycles. The predicted octanol–water partition coefficient (Wildman–Crippen LogP) is 1.41. The van der Waals surface area contributed by atoms with E-state index >= 15 is 0 Å². The highest BCUT2D eigenvalue weighted by molar-refractivity contribution is 6.08. The van der Waals surface area contributed by atoms with Gasteiger partial charge in [-0.3, -0.25) is 19.3 Å². The van der Waals surface area contributed by atoms with E-state index in [-0.39, 0.29) is 36.6 Å². The molecular weight excluding hydrogens is 400 g/mol. The standard InChI is InChI=1S/C23H30N2O6/c1-29-18-5-3-4-16(12-18)15-25-17-6-7-19(25)23(20(26)13-17,22(28)30-2)14-21(27)24-8-10-31-11-9-24/h3-5,12,17,19H,6-11,13-15H2,1-2H3/t17-,19-,23-/m1/s1. The lowest BCUT2D eigenvalue weighted by Crippen LogP contribution is -2.61. The lowest BCUT2D eigenvalue weighted by Gasteiger charge is -2.46. The van der Waals surface area contributed by atoms with Crippen LogP contribution in [-0.2, 0) is 30.4 Å². The molecule has 3 heterocycles. The largest absolute Gasteiger partial charge is 0.497 e. The zero-order valence-electron chi connectivity index (χ0n) is 18.2. The molecule has 3 aliphatic heterocycles. The van der Waals surface area contributed by atoms with Gasteiger partial charge in [-0.25, -0.2) is 0 Å². The van der Waals surface area contributed by atoms with Crippen molar-refractivity contribution < 1.29 is 28.6 Å². The summed E-state index contributed by atoms with van der Waals surface area (Å²) >= 11 is 0. The van der Waals surface area contributed by atoms with Crippen molar-refractivity contribution in [3.05, 3.63) is 29.8 Å². The number of hydrogen-bond acceptors (Lipinski definition) is 7. The Balaban J connectivity index is 1.64. The topological polar surface area (TPSA) is 85.4 Å². The Morgan fingerprint density at radius 3 is 2.68 bits per heavy atom. The van der Waals surface area contributed by atoms with Gasteiger partial charge < -0.3 is 19.1 Å². The highest BCUT2D eigenvalue weighted by atomic mass is 16.5. The number of ketones is 1. The zero-order valence-corrected chi connectivity index (χ0v) is 18.2. The van der Waals surface area contributed by atoms with Gasteiger partial charge in [0.1, 0.15) is 5.75 Å². The van der Waals surface area contributed by atoms with Crippen LogP contribution in [0.4, 0.5) is 0 Å². The monoisotopic (exact) mass is 430 g/mol. The lowest BCUT2D eigenvalue weighted by atomic mass is 9.69. The molecule has 0 spiro atoms. The Morgan fingerprint density at radius 2 is 1.97 bits per heavy atom. The van der Waals surface area contributed by atoms with E-state index in [9.17, 15) is 14.4 Å². The Morgan fingerprint density at radius 1 is 1.19 bits per heavy atom. The minimum absolute atomic E-state index is 0.0694. The summed E-state index contributed by atoms with van der Waals surface area (Å²) in [6.45, 7) is 2.48. The van der Waals surface area contributed by atoms with Crippen LogP contribution < -0.4 is 4.74 Å². The van der Waals surface area contributed by atoms with Crippen molar-refractivity contribution in [1.82, 2.24) is 9.80 Å².